The minimum absolute atomic E-state index is 0.277. The van der Waals surface area contributed by atoms with Gasteiger partial charge in [-0.25, -0.2) is 8.78 Å². The maximum atomic E-state index is 13.7. The summed E-state index contributed by atoms with van der Waals surface area (Å²) in [5, 5.41) is 10.4. The van der Waals surface area contributed by atoms with Crippen LogP contribution in [0.25, 0.3) is 0 Å². The van der Waals surface area contributed by atoms with Gasteiger partial charge in [0.1, 0.15) is 17.7 Å². The molecule has 0 aliphatic heterocycles. The van der Waals surface area contributed by atoms with E-state index < -0.39 is 17.7 Å². The van der Waals surface area contributed by atoms with Gasteiger partial charge < -0.3 is 5.11 Å². The molecule has 1 N–H and O–H groups in total. The summed E-state index contributed by atoms with van der Waals surface area (Å²) in [4.78, 5) is 0.368. The summed E-state index contributed by atoms with van der Waals surface area (Å²) in [6, 6.07) is 3.68. The fourth-order valence-electron chi connectivity index (χ4n) is 1.45. The second-order valence-electron chi connectivity index (χ2n) is 3.46. The average molecular weight is 418 g/mol. The van der Waals surface area contributed by atoms with Crippen LogP contribution >= 0.6 is 54.8 Å². The molecule has 0 spiro atoms. The Bertz CT molecular complexity index is 560. The summed E-state index contributed by atoms with van der Waals surface area (Å²) in [5.74, 6) is -1.62. The Balaban J connectivity index is 2.49. The quantitative estimate of drug-likeness (QED) is 0.703. The third kappa shape index (κ3) is 2.77. The molecule has 7 heteroatoms. The molecule has 1 aromatic carbocycles. The molecule has 1 aromatic heterocycles. The van der Waals surface area contributed by atoms with Gasteiger partial charge in [-0.05, 0) is 34.1 Å². The first kappa shape index (κ1) is 14.4. The number of hydrogen-bond acceptors (Lipinski definition) is 2. The molecule has 0 aliphatic carbocycles. The van der Waals surface area contributed by atoms with E-state index >= 15 is 0 Å². The fraction of sp³-hybridized carbons (Fsp3) is 0.0909. The van der Waals surface area contributed by atoms with Crippen LogP contribution in [0.4, 0.5) is 8.78 Å². The van der Waals surface area contributed by atoms with Gasteiger partial charge in [0.05, 0.1) is 14.4 Å². The largest absolute Gasteiger partial charge is 0.383 e. The summed E-state index contributed by atoms with van der Waals surface area (Å²) in [7, 11) is 0. The van der Waals surface area contributed by atoms with Crippen molar-refractivity contribution < 1.29 is 13.9 Å². The van der Waals surface area contributed by atoms with Crippen molar-refractivity contribution in [3.8, 4) is 0 Å². The molecule has 0 radical (unpaired) electrons. The highest BCUT2D eigenvalue weighted by molar-refractivity contribution is 9.11. The van der Waals surface area contributed by atoms with E-state index in [9.17, 15) is 13.9 Å². The number of halogens is 5. The SMILES string of the molecule is OC(c1cc(Cl)c(Br)s1)c1c(F)cc(Br)cc1F. The van der Waals surface area contributed by atoms with E-state index in [-0.39, 0.29) is 10.0 Å². The molecule has 2 aromatic rings. The molecule has 1 unspecified atom stereocenters. The van der Waals surface area contributed by atoms with Crippen LogP contribution in [0.1, 0.15) is 16.5 Å². The fourth-order valence-corrected chi connectivity index (χ4v) is 3.60. The van der Waals surface area contributed by atoms with E-state index in [1.165, 1.54) is 6.07 Å². The predicted octanol–water partition coefficient (Wildman–Crippen LogP) is 5.29. The lowest BCUT2D eigenvalue weighted by Crippen LogP contribution is -2.04. The van der Waals surface area contributed by atoms with E-state index in [4.69, 9.17) is 11.6 Å². The molecule has 96 valence electrons. The normalized spacial score (nSPS) is 12.8. The van der Waals surface area contributed by atoms with E-state index in [2.05, 4.69) is 31.9 Å². The van der Waals surface area contributed by atoms with Gasteiger partial charge in [0.25, 0.3) is 0 Å². The van der Waals surface area contributed by atoms with Crippen molar-refractivity contribution in [2.75, 3.05) is 0 Å². The van der Waals surface area contributed by atoms with Crippen molar-refractivity contribution >= 4 is 54.8 Å². The Morgan fingerprint density at radius 3 is 2.17 bits per heavy atom. The zero-order valence-corrected chi connectivity index (χ0v) is 13.3. The number of rotatable bonds is 2. The lowest BCUT2D eigenvalue weighted by atomic mass is 10.1. The van der Waals surface area contributed by atoms with E-state index in [0.29, 0.717) is 13.7 Å². The van der Waals surface area contributed by atoms with Crippen LogP contribution in [-0.4, -0.2) is 5.11 Å². The summed E-state index contributed by atoms with van der Waals surface area (Å²) < 4.78 is 28.3. The average Bonchev–Trinajstić information content (AvgIpc) is 2.57. The molecule has 0 saturated heterocycles. The van der Waals surface area contributed by atoms with Gasteiger partial charge >= 0.3 is 0 Å². The van der Waals surface area contributed by atoms with Gasteiger partial charge in [-0.1, -0.05) is 27.5 Å². The molecule has 0 saturated carbocycles. The summed E-state index contributed by atoms with van der Waals surface area (Å²) in [6.07, 6.45) is -1.38. The minimum atomic E-state index is -1.38. The standard InChI is InChI=1S/C11H5Br2ClF2OS/c12-4-1-6(15)9(7(16)2-4)10(17)8-3-5(14)11(13)18-8/h1-3,10,17H. The number of benzene rings is 1. The molecule has 0 aliphatic rings. The van der Waals surface area contributed by atoms with Crippen molar-refractivity contribution in [3.63, 3.8) is 0 Å². The van der Waals surface area contributed by atoms with Gasteiger partial charge in [-0.3, -0.25) is 0 Å². The zero-order chi connectivity index (χ0) is 13.4. The third-order valence-electron chi connectivity index (χ3n) is 2.25. The van der Waals surface area contributed by atoms with Crippen LogP contribution in [0.15, 0.2) is 26.5 Å². The molecule has 1 nitrogen and oxygen atoms in total. The van der Waals surface area contributed by atoms with Gasteiger partial charge in [0.2, 0.25) is 0 Å². The van der Waals surface area contributed by atoms with Gasteiger partial charge in [0.15, 0.2) is 0 Å². The van der Waals surface area contributed by atoms with Crippen molar-refractivity contribution in [2.45, 2.75) is 6.10 Å². The molecule has 1 heterocycles. The van der Waals surface area contributed by atoms with Gasteiger partial charge in [-0.2, -0.15) is 0 Å². The minimum Gasteiger partial charge on any atom is -0.383 e. The molecular weight excluding hydrogens is 413 g/mol. The van der Waals surface area contributed by atoms with Crippen LogP contribution in [-0.2, 0) is 0 Å². The Morgan fingerprint density at radius 1 is 1.17 bits per heavy atom. The molecular formula is C11H5Br2ClF2OS. The van der Waals surface area contributed by atoms with Crippen molar-refractivity contribution in [1.29, 1.82) is 0 Å². The molecule has 2 rings (SSSR count). The van der Waals surface area contributed by atoms with Crippen LogP contribution in [0.2, 0.25) is 5.02 Å². The first-order valence-electron chi connectivity index (χ1n) is 4.67. The van der Waals surface area contributed by atoms with Crippen molar-refractivity contribution in [1.82, 2.24) is 0 Å². The highest BCUT2D eigenvalue weighted by atomic mass is 79.9. The number of hydrogen-bond donors (Lipinski definition) is 1. The predicted molar refractivity (Wildman–Crippen MR) is 75.1 cm³/mol. The van der Waals surface area contributed by atoms with E-state index in [1.807, 2.05) is 0 Å². The number of thiophene rings is 1. The number of aliphatic hydroxyl groups excluding tert-OH is 1. The highest BCUT2D eigenvalue weighted by Crippen LogP contribution is 2.38. The molecule has 18 heavy (non-hydrogen) atoms. The van der Waals surface area contributed by atoms with Crippen LogP contribution < -0.4 is 0 Å². The van der Waals surface area contributed by atoms with Crippen molar-refractivity contribution in [2.24, 2.45) is 0 Å². The Morgan fingerprint density at radius 2 is 1.72 bits per heavy atom. The van der Waals surface area contributed by atoms with Crippen LogP contribution in [0.3, 0.4) is 0 Å². The summed E-state index contributed by atoms with van der Waals surface area (Å²) in [6.45, 7) is 0. The van der Waals surface area contributed by atoms with Crippen LogP contribution in [0.5, 0.6) is 0 Å². The smallest absolute Gasteiger partial charge is 0.133 e. The molecule has 1 atom stereocenters. The molecule has 0 fully saturated rings. The van der Waals surface area contributed by atoms with Gasteiger partial charge in [-0.15, -0.1) is 11.3 Å². The molecule has 0 bridgehead atoms. The highest BCUT2D eigenvalue weighted by Gasteiger charge is 2.23. The maximum absolute atomic E-state index is 13.7. The Kier molecular flexibility index (Phi) is 4.44. The summed E-state index contributed by atoms with van der Waals surface area (Å²) in [5.41, 5.74) is -0.386. The zero-order valence-electron chi connectivity index (χ0n) is 8.55. The first-order valence-corrected chi connectivity index (χ1v) is 7.45. The lowest BCUT2D eigenvalue weighted by molar-refractivity contribution is 0.212. The van der Waals surface area contributed by atoms with Gasteiger partial charge in [0, 0.05) is 9.35 Å². The second kappa shape index (κ2) is 5.54. The molecule has 0 amide bonds. The topological polar surface area (TPSA) is 20.2 Å². The number of aliphatic hydroxyl groups is 1. The first-order chi connectivity index (χ1) is 8.40. The van der Waals surface area contributed by atoms with Crippen LogP contribution in [0, 0.1) is 11.6 Å². The second-order valence-corrected chi connectivity index (χ2v) is 7.18. The Hall–Kier alpha value is -0.0100. The summed E-state index contributed by atoms with van der Waals surface area (Å²) >= 11 is 13.1. The maximum Gasteiger partial charge on any atom is 0.133 e. The van der Waals surface area contributed by atoms with Crippen molar-refractivity contribution in [3.05, 3.63) is 53.6 Å². The third-order valence-corrected chi connectivity index (χ3v) is 5.24. The Labute approximate surface area is 128 Å². The van der Waals surface area contributed by atoms with E-state index in [0.717, 1.165) is 23.5 Å². The monoisotopic (exact) mass is 416 g/mol. The lowest BCUT2D eigenvalue weighted by Gasteiger charge is -2.11. The van der Waals surface area contributed by atoms with E-state index in [1.54, 1.807) is 0 Å².